The molecule has 1 amide bonds. The van der Waals surface area contributed by atoms with Gasteiger partial charge in [0.1, 0.15) is 0 Å². The van der Waals surface area contributed by atoms with Gasteiger partial charge in [-0.25, -0.2) is 0 Å². The van der Waals surface area contributed by atoms with E-state index in [4.69, 9.17) is 4.52 Å². The summed E-state index contributed by atoms with van der Waals surface area (Å²) < 4.78 is 5.14. The molecule has 1 heterocycles. The predicted octanol–water partition coefficient (Wildman–Crippen LogP) is 3.23. The zero-order valence-corrected chi connectivity index (χ0v) is 20.0. The van der Waals surface area contributed by atoms with Crippen LogP contribution in [0, 0.1) is 44.2 Å². The molecule has 0 saturated heterocycles. The standard InChI is InChI=1S/C14H25N3O2.C6H3N3O7/c1-6-9-12(17(7-2)8-3)13(18)15-14-10(4)11(5)16-19-14;10-6-4(8(13)14)1-3(7(11)12)2-5(6)9(15)16/h12H,6-9H2,1-5H3,(H,15,18);1-2,10H/p-1. The number of non-ortho nitro benzene ring substituents is 1. The van der Waals surface area contributed by atoms with E-state index in [0.29, 0.717) is 18.0 Å². The van der Waals surface area contributed by atoms with E-state index >= 15 is 0 Å². The number of aromatic nitrogens is 1. The highest BCUT2D eigenvalue weighted by atomic mass is 16.6. The number of hydrogen-bond acceptors (Lipinski definition) is 11. The van der Waals surface area contributed by atoms with Crippen LogP contribution in [0.5, 0.6) is 5.75 Å². The summed E-state index contributed by atoms with van der Waals surface area (Å²) in [6, 6.07) is 0.662. The van der Waals surface area contributed by atoms with Crippen LogP contribution < -0.4 is 10.4 Å². The molecule has 0 spiro atoms. The number of rotatable bonds is 10. The molecule has 0 fully saturated rings. The molecule has 15 heteroatoms. The smallest absolute Gasteiger partial charge is 0.283 e. The van der Waals surface area contributed by atoms with Crippen LogP contribution in [0.25, 0.3) is 0 Å². The normalized spacial score (nSPS) is 11.4. The monoisotopic (exact) mass is 495 g/mol. The van der Waals surface area contributed by atoms with E-state index in [0.717, 1.165) is 37.2 Å². The first-order chi connectivity index (χ1) is 16.4. The molecule has 0 radical (unpaired) electrons. The molecule has 1 aromatic carbocycles. The average Bonchev–Trinajstić information content (AvgIpc) is 3.11. The van der Waals surface area contributed by atoms with Crippen LogP contribution in [0.4, 0.5) is 22.9 Å². The average molecular weight is 495 g/mol. The zero-order chi connectivity index (χ0) is 26.9. The lowest BCUT2D eigenvalue weighted by Crippen LogP contribution is -2.43. The maximum absolute atomic E-state index is 12.4. The number of carbonyl (C=O) groups is 1. The van der Waals surface area contributed by atoms with Crippen molar-refractivity contribution in [1.29, 1.82) is 0 Å². The molecule has 0 aliphatic carbocycles. The van der Waals surface area contributed by atoms with Gasteiger partial charge in [0.2, 0.25) is 11.8 Å². The highest BCUT2D eigenvalue weighted by molar-refractivity contribution is 5.94. The van der Waals surface area contributed by atoms with Crippen molar-refractivity contribution in [3.8, 4) is 5.75 Å². The fourth-order valence-electron chi connectivity index (χ4n) is 3.11. The quantitative estimate of drug-likeness (QED) is 0.373. The predicted molar refractivity (Wildman–Crippen MR) is 122 cm³/mol. The Kier molecular flexibility index (Phi) is 10.7. The Hall–Kier alpha value is -4.14. The van der Waals surface area contributed by atoms with Gasteiger partial charge in [0, 0.05) is 5.56 Å². The summed E-state index contributed by atoms with van der Waals surface area (Å²) in [6.45, 7) is 11.7. The Morgan fingerprint density at radius 1 is 1.03 bits per heavy atom. The molecular formula is C20H27N6O9-. The molecule has 1 aromatic heterocycles. The number of carbonyl (C=O) groups excluding carboxylic acids is 1. The molecule has 0 aliphatic heterocycles. The second kappa shape index (κ2) is 12.9. The zero-order valence-electron chi connectivity index (χ0n) is 20.0. The first kappa shape index (κ1) is 28.9. The third kappa shape index (κ3) is 7.43. The van der Waals surface area contributed by atoms with Gasteiger partial charge in [-0.15, -0.1) is 0 Å². The van der Waals surface area contributed by atoms with Gasteiger partial charge in [-0.1, -0.05) is 32.3 Å². The van der Waals surface area contributed by atoms with E-state index in [-0.39, 0.29) is 11.9 Å². The molecule has 2 rings (SSSR count). The third-order valence-corrected chi connectivity index (χ3v) is 5.15. The van der Waals surface area contributed by atoms with Gasteiger partial charge in [0.25, 0.3) is 17.1 Å². The van der Waals surface area contributed by atoms with E-state index in [1.54, 1.807) is 0 Å². The van der Waals surface area contributed by atoms with Gasteiger partial charge in [-0.3, -0.25) is 45.4 Å². The molecule has 192 valence electrons. The number of aryl methyl sites for hydroxylation is 1. The first-order valence-electron chi connectivity index (χ1n) is 10.6. The van der Waals surface area contributed by atoms with Gasteiger partial charge < -0.3 is 9.63 Å². The fraction of sp³-hybridized carbons (Fsp3) is 0.500. The molecule has 1 unspecified atom stereocenters. The number of benzene rings is 1. The molecule has 35 heavy (non-hydrogen) atoms. The number of hydrogen-bond donors (Lipinski definition) is 1. The summed E-state index contributed by atoms with van der Waals surface area (Å²) in [4.78, 5) is 42.1. The number of anilines is 1. The van der Waals surface area contributed by atoms with Gasteiger partial charge in [-0.05, 0) is 33.4 Å². The Bertz CT molecular complexity index is 1050. The molecule has 1 atom stereocenters. The minimum absolute atomic E-state index is 0.00944. The van der Waals surface area contributed by atoms with Crippen molar-refractivity contribution in [2.75, 3.05) is 18.4 Å². The van der Waals surface area contributed by atoms with E-state index in [2.05, 4.69) is 36.1 Å². The Morgan fingerprint density at radius 2 is 1.54 bits per heavy atom. The fourth-order valence-corrected chi connectivity index (χ4v) is 3.11. The van der Waals surface area contributed by atoms with Gasteiger partial charge in [-0.2, -0.15) is 0 Å². The van der Waals surface area contributed by atoms with Crippen molar-refractivity contribution in [3.63, 3.8) is 0 Å². The second-order valence-corrected chi connectivity index (χ2v) is 7.32. The lowest BCUT2D eigenvalue weighted by Gasteiger charge is -2.27. The summed E-state index contributed by atoms with van der Waals surface area (Å²) in [5.41, 5.74) is -1.56. The SMILES string of the molecule is CCCC(C(=O)Nc1onc(C)c1C)N(CC)CC.O=[N+]([O-])c1cc([N+](=O)[O-])c([O-])c([N+](=O)[O-])c1. The summed E-state index contributed by atoms with van der Waals surface area (Å²) in [5.74, 6) is -0.999. The van der Waals surface area contributed by atoms with E-state index < -0.39 is 37.6 Å². The van der Waals surface area contributed by atoms with Crippen molar-refractivity contribution < 1.29 is 29.2 Å². The second-order valence-electron chi connectivity index (χ2n) is 7.32. The molecule has 2 aromatic rings. The van der Waals surface area contributed by atoms with Crippen molar-refractivity contribution in [2.45, 2.75) is 53.5 Å². The first-order valence-corrected chi connectivity index (χ1v) is 10.6. The van der Waals surface area contributed by atoms with E-state index in [9.17, 15) is 40.2 Å². The lowest BCUT2D eigenvalue weighted by molar-refractivity contribution is -0.420. The van der Waals surface area contributed by atoms with Crippen molar-refractivity contribution >= 4 is 28.9 Å². The molecule has 15 nitrogen and oxygen atoms in total. The number of amides is 1. The van der Waals surface area contributed by atoms with Crippen molar-refractivity contribution in [2.24, 2.45) is 0 Å². The number of likely N-dealkylation sites (N-methyl/N-ethyl adjacent to an activating group) is 1. The topological polar surface area (TPSA) is 211 Å². The third-order valence-electron chi connectivity index (χ3n) is 5.15. The molecule has 0 saturated carbocycles. The van der Waals surface area contributed by atoms with Crippen LogP contribution in [-0.2, 0) is 4.79 Å². The number of nitro benzene ring substituents is 3. The van der Waals surface area contributed by atoms with Crippen molar-refractivity contribution in [1.82, 2.24) is 10.1 Å². The van der Waals surface area contributed by atoms with E-state index in [1.165, 1.54) is 0 Å². The van der Waals surface area contributed by atoms with E-state index in [1.807, 2.05) is 13.8 Å². The maximum atomic E-state index is 12.4. The summed E-state index contributed by atoms with van der Waals surface area (Å²) in [6.07, 6.45) is 1.82. The molecule has 0 aliphatic rings. The number of nitro groups is 3. The van der Waals surface area contributed by atoms with Gasteiger partial charge >= 0.3 is 0 Å². The Labute approximate surface area is 200 Å². The highest BCUT2D eigenvalue weighted by Crippen LogP contribution is 2.36. The van der Waals surface area contributed by atoms with Crippen LogP contribution in [-0.4, -0.2) is 49.9 Å². The Balaban J connectivity index is 0.000000355. The van der Waals surface area contributed by atoms with Crippen LogP contribution in [0.1, 0.15) is 44.9 Å². The molecule has 1 N–H and O–H groups in total. The minimum atomic E-state index is -1.46. The largest absolute Gasteiger partial charge is 0.863 e. The van der Waals surface area contributed by atoms with Crippen LogP contribution >= 0.6 is 0 Å². The van der Waals surface area contributed by atoms with Crippen LogP contribution in [0.2, 0.25) is 0 Å². The van der Waals surface area contributed by atoms with Crippen LogP contribution in [0.15, 0.2) is 16.7 Å². The van der Waals surface area contributed by atoms with Gasteiger partial charge in [0.05, 0.1) is 44.4 Å². The summed E-state index contributed by atoms with van der Waals surface area (Å²) >= 11 is 0. The summed E-state index contributed by atoms with van der Waals surface area (Å²) in [5, 5.41) is 48.8. The minimum Gasteiger partial charge on any atom is -0.863 e. The highest BCUT2D eigenvalue weighted by Gasteiger charge is 2.25. The maximum Gasteiger partial charge on any atom is 0.283 e. The van der Waals surface area contributed by atoms with Crippen LogP contribution in [0.3, 0.4) is 0 Å². The van der Waals surface area contributed by atoms with Gasteiger partial charge in [0.15, 0.2) is 0 Å². The Morgan fingerprint density at radius 3 is 1.89 bits per heavy atom. The molecule has 0 bridgehead atoms. The molecular weight excluding hydrogens is 468 g/mol. The van der Waals surface area contributed by atoms with Crippen molar-refractivity contribution in [3.05, 3.63) is 53.7 Å². The number of nitrogens with zero attached hydrogens (tertiary/aromatic N) is 5. The number of nitrogens with one attached hydrogen (secondary N) is 1. The summed E-state index contributed by atoms with van der Waals surface area (Å²) in [7, 11) is 0. The lowest BCUT2D eigenvalue weighted by atomic mass is 10.1.